The van der Waals surface area contributed by atoms with Gasteiger partial charge in [-0.05, 0) is 54.7 Å². The fraction of sp³-hybridized carbons (Fsp3) is 0.545. The van der Waals surface area contributed by atoms with Crippen molar-refractivity contribution in [2.75, 3.05) is 0 Å². The number of carbonyl (C=O) groups is 2. The molecule has 5 aliphatic rings. The van der Waals surface area contributed by atoms with Gasteiger partial charge in [-0.1, -0.05) is 44.2 Å². The SMILES string of the molecule is C[C@]12C=CC(=O)C=C1C=C[C@@H]1[C@@H]2C=C[C@@]2(C)[C@H]1CC[C@@]21CCC(=O)O1. The number of esters is 1. The molecule has 0 N–H and O–H groups in total. The van der Waals surface area contributed by atoms with E-state index in [-0.39, 0.29) is 28.2 Å². The quantitative estimate of drug-likeness (QED) is 0.497. The fourth-order valence-electron chi connectivity index (χ4n) is 6.33. The third-order valence-corrected chi connectivity index (χ3v) is 7.89. The molecule has 1 spiro atoms. The topological polar surface area (TPSA) is 43.4 Å². The summed E-state index contributed by atoms with van der Waals surface area (Å²) in [6, 6.07) is 0. The summed E-state index contributed by atoms with van der Waals surface area (Å²) in [4.78, 5) is 23.7. The minimum atomic E-state index is -0.306. The van der Waals surface area contributed by atoms with Crippen LogP contribution in [0.1, 0.15) is 39.5 Å². The maximum Gasteiger partial charge on any atom is 0.306 e. The van der Waals surface area contributed by atoms with Gasteiger partial charge in [0.1, 0.15) is 5.60 Å². The number of ketones is 1. The first-order chi connectivity index (χ1) is 11.9. The van der Waals surface area contributed by atoms with Gasteiger partial charge >= 0.3 is 5.97 Å². The highest BCUT2D eigenvalue weighted by Crippen LogP contribution is 2.65. The van der Waals surface area contributed by atoms with Crippen LogP contribution >= 0.6 is 0 Å². The van der Waals surface area contributed by atoms with Crippen molar-refractivity contribution in [3.8, 4) is 0 Å². The van der Waals surface area contributed by atoms with Gasteiger partial charge in [0.25, 0.3) is 0 Å². The Morgan fingerprint density at radius 2 is 1.92 bits per heavy atom. The molecule has 3 nitrogen and oxygen atoms in total. The first kappa shape index (κ1) is 15.4. The number of carbonyl (C=O) groups excluding carboxylic acids is 2. The number of allylic oxidation sites excluding steroid dienone is 7. The molecule has 1 aliphatic heterocycles. The second kappa shape index (κ2) is 4.63. The van der Waals surface area contributed by atoms with E-state index in [1.807, 2.05) is 0 Å². The van der Waals surface area contributed by atoms with Crippen LogP contribution in [0, 0.1) is 28.6 Å². The van der Waals surface area contributed by atoms with Gasteiger partial charge in [0.05, 0.1) is 0 Å². The van der Waals surface area contributed by atoms with Crippen molar-refractivity contribution in [2.45, 2.75) is 45.1 Å². The zero-order valence-corrected chi connectivity index (χ0v) is 14.8. The summed E-state index contributed by atoms with van der Waals surface area (Å²) >= 11 is 0. The van der Waals surface area contributed by atoms with E-state index in [1.165, 1.54) is 0 Å². The fourth-order valence-corrected chi connectivity index (χ4v) is 6.33. The summed E-state index contributed by atoms with van der Waals surface area (Å²) in [5.74, 6) is 1.31. The molecule has 0 aromatic heterocycles. The smallest absolute Gasteiger partial charge is 0.306 e. The van der Waals surface area contributed by atoms with Crippen molar-refractivity contribution in [1.82, 2.24) is 0 Å². The van der Waals surface area contributed by atoms with E-state index in [9.17, 15) is 9.59 Å². The van der Waals surface area contributed by atoms with Crippen LogP contribution in [0.4, 0.5) is 0 Å². The Bertz CT molecular complexity index is 800. The first-order valence-electron chi connectivity index (χ1n) is 9.43. The Balaban J connectivity index is 1.59. The summed E-state index contributed by atoms with van der Waals surface area (Å²) in [5, 5.41) is 0. The highest BCUT2D eigenvalue weighted by atomic mass is 16.6. The molecule has 4 aliphatic carbocycles. The molecular formula is C22H24O3. The first-order valence-corrected chi connectivity index (χ1v) is 9.43. The minimum Gasteiger partial charge on any atom is -0.458 e. The number of rotatable bonds is 0. The Kier molecular flexibility index (Phi) is 2.84. The van der Waals surface area contributed by atoms with Gasteiger partial charge in [0.15, 0.2) is 5.78 Å². The van der Waals surface area contributed by atoms with Crippen LogP contribution in [0.5, 0.6) is 0 Å². The van der Waals surface area contributed by atoms with Crippen LogP contribution in [-0.2, 0) is 14.3 Å². The van der Waals surface area contributed by atoms with Gasteiger partial charge in [-0.3, -0.25) is 9.59 Å². The van der Waals surface area contributed by atoms with Crippen molar-refractivity contribution in [2.24, 2.45) is 28.6 Å². The molecule has 0 aromatic rings. The highest BCUT2D eigenvalue weighted by molar-refractivity contribution is 6.01. The van der Waals surface area contributed by atoms with E-state index in [0.29, 0.717) is 24.2 Å². The van der Waals surface area contributed by atoms with Crippen LogP contribution in [0.25, 0.3) is 0 Å². The average molecular weight is 336 g/mol. The zero-order valence-electron chi connectivity index (χ0n) is 14.8. The molecule has 2 fully saturated rings. The lowest BCUT2D eigenvalue weighted by molar-refractivity contribution is -0.156. The monoisotopic (exact) mass is 336 g/mol. The zero-order chi connectivity index (χ0) is 17.4. The molecule has 0 aromatic carbocycles. The third-order valence-electron chi connectivity index (χ3n) is 7.89. The van der Waals surface area contributed by atoms with Gasteiger partial charge in [-0.2, -0.15) is 0 Å². The number of hydrogen-bond donors (Lipinski definition) is 0. The third kappa shape index (κ3) is 1.77. The molecule has 1 saturated carbocycles. The molecule has 130 valence electrons. The second-order valence-corrected chi connectivity index (χ2v) is 8.84. The molecule has 0 amide bonds. The van der Waals surface area contributed by atoms with Crippen LogP contribution in [0.15, 0.2) is 48.1 Å². The lowest BCUT2D eigenvalue weighted by Crippen LogP contribution is -2.50. The van der Waals surface area contributed by atoms with Crippen molar-refractivity contribution in [1.29, 1.82) is 0 Å². The van der Waals surface area contributed by atoms with Gasteiger partial charge in [-0.25, -0.2) is 0 Å². The summed E-state index contributed by atoms with van der Waals surface area (Å²) in [7, 11) is 0. The predicted molar refractivity (Wildman–Crippen MR) is 94.5 cm³/mol. The number of fused-ring (bicyclic) bond motifs is 6. The van der Waals surface area contributed by atoms with Crippen molar-refractivity contribution in [3.63, 3.8) is 0 Å². The number of hydrogen-bond acceptors (Lipinski definition) is 3. The average Bonchev–Trinajstić information content (AvgIpc) is 3.10. The van der Waals surface area contributed by atoms with Crippen molar-refractivity contribution < 1.29 is 14.3 Å². The van der Waals surface area contributed by atoms with Gasteiger partial charge < -0.3 is 4.74 Å². The van der Waals surface area contributed by atoms with E-state index < -0.39 is 0 Å². The summed E-state index contributed by atoms with van der Waals surface area (Å²) in [6.07, 6.45) is 18.2. The van der Waals surface area contributed by atoms with E-state index in [2.05, 4.69) is 44.2 Å². The summed E-state index contributed by atoms with van der Waals surface area (Å²) in [6.45, 7) is 4.54. The number of ether oxygens (including phenoxy) is 1. The molecule has 5 rings (SSSR count). The molecule has 0 unspecified atom stereocenters. The molecule has 0 bridgehead atoms. The largest absolute Gasteiger partial charge is 0.458 e. The molecule has 0 radical (unpaired) electrons. The Hall–Kier alpha value is -1.90. The predicted octanol–water partition coefficient (Wildman–Crippen LogP) is 3.92. The molecule has 1 saturated heterocycles. The van der Waals surface area contributed by atoms with Crippen molar-refractivity contribution in [3.05, 3.63) is 48.1 Å². The lowest BCUT2D eigenvalue weighted by Gasteiger charge is -2.53. The second-order valence-electron chi connectivity index (χ2n) is 8.84. The normalized spacial score (nSPS) is 49.7. The molecule has 25 heavy (non-hydrogen) atoms. The highest BCUT2D eigenvalue weighted by Gasteiger charge is 2.64. The van der Waals surface area contributed by atoms with Crippen molar-refractivity contribution >= 4 is 11.8 Å². The molecule has 3 heteroatoms. The minimum absolute atomic E-state index is 0.0394. The summed E-state index contributed by atoms with van der Waals surface area (Å²) in [5.41, 5.74) is 0.609. The molecular weight excluding hydrogens is 312 g/mol. The van der Waals surface area contributed by atoms with E-state index in [0.717, 1.165) is 24.8 Å². The van der Waals surface area contributed by atoms with Gasteiger partial charge in [0, 0.05) is 17.3 Å². The standard InChI is InChI=1S/C22H24O3/c1-20-9-5-15(23)13-14(20)3-4-16-17(20)6-10-21(2)18(16)7-11-22(21)12-8-19(24)25-22/h3-6,9-10,13,16-18H,7-8,11-12H2,1-2H3/t16-,17+,18+,20+,21+,22-/m1/s1. The Morgan fingerprint density at radius 1 is 1.08 bits per heavy atom. The lowest BCUT2D eigenvalue weighted by atomic mass is 9.52. The van der Waals surface area contributed by atoms with Crippen LogP contribution in [0.3, 0.4) is 0 Å². The molecule has 6 atom stereocenters. The van der Waals surface area contributed by atoms with Crippen LogP contribution < -0.4 is 0 Å². The van der Waals surface area contributed by atoms with Gasteiger partial charge in [-0.15, -0.1) is 0 Å². The van der Waals surface area contributed by atoms with E-state index in [4.69, 9.17) is 4.74 Å². The van der Waals surface area contributed by atoms with Crippen LogP contribution in [0.2, 0.25) is 0 Å². The Morgan fingerprint density at radius 3 is 2.68 bits per heavy atom. The maximum atomic E-state index is 11.9. The Labute approximate surface area is 148 Å². The van der Waals surface area contributed by atoms with Gasteiger partial charge in [0.2, 0.25) is 0 Å². The van der Waals surface area contributed by atoms with E-state index >= 15 is 0 Å². The van der Waals surface area contributed by atoms with E-state index in [1.54, 1.807) is 12.2 Å². The summed E-state index contributed by atoms with van der Waals surface area (Å²) < 4.78 is 5.92. The molecule has 1 heterocycles. The van der Waals surface area contributed by atoms with Crippen LogP contribution in [-0.4, -0.2) is 17.4 Å². The maximum absolute atomic E-state index is 11.9.